The van der Waals surface area contributed by atoms with Crippen molar-refractivity contribution in [1.82, 2.24) is 15.5 Å². The third kappa shape index (κ3) is 8.40. The van der Waals surface area contributed by atoms with Gasteiger partial charge in [0.15, 0.2) is 5.96 Å². The fourth-order valence-electron chi connectivity index (χ4n) is 1.81. The van der Waals surface area contributed by atoms with Crippen LogP contribution >= 0.6 is 11.3 Å². The highest BCUT2D eigenvalue weighted by Gasteiger charge is 2.08. The fourth-order valence-corrected chi connectivity index (χ4v) is 2.68. The van der Waals surface area contributed by atoms with Crippen molar-refractivity contribution in [2.24, 2.45) is 10.9 Å². The van der Waals surface area contributed by atoms with Gasteiger partial charge >= 0.3 is 0 Å². The molecule has 0 aliphatic carbocycles. The second-order valence-electron chi connectivity index (χ2n) is 6.03. The van der Waals surface area contributed by atoms with Gasteiger partial charge in [0.1, 0.15) is 6.54 Å². The van der Waals surface area contributed by atoms with Crippen LogP contribution in [0.3, 0.4) is 0 Å². The Bertz CT molecular complexity index is 523. The third-order valence-electron chi connectivity index (χ3n) is 3.18. The standard InChI is InChI=1S/C17H28N4OS/c1-13(2)10-18-17(20-12-16(22)21(4)5)19-11-14(3)9-15-7-6-8-23-15/h6-8,14H,1,9-12H2,2-5H3,(H2,18,19,20). The maximum atomic E-state index is 11.7. The van der Waals surface area contributed by atoms with Gasteiger partial charge in [-0.15, -0.1) is 11.3 Å². The van der Waals surface area contributed by atoms with Crippen molar-refractivity contribution in [2.75, 3.05) is 33.7 Å². The number of carbonyl (C=O) groups excluding carboxylic acids is 1. The van der Waals surface area contributed by atoms with E-state index in [1.165, 1.54) is 4.88 Å². The number of nitrogens with zero attached hydrogens (tertiary/aromatic N) is 2. The Morgan fingerprint density at radius 2 is 2.17 bits per heavy atom. The second-order valence-corrected chi connectivity index (χ2v) is 7.07. The largest absolute Gasteiger partial charge is 0.356 e. The highest BCUT2D eigenvalue weighted by atomic mass is 32.1. The molecule has 128 valence electrons. The number of hydrogen-bond donors (Lipinski definition) is 2. The molecule has 6 heteroatoms. The van der Waals surface area contributed by atoms with Gasteiger partial charge in [0, 0.05) is 32.1 Å². The minimum Gasteiger partial charge on any atom is -0.356 e. The maximum absolute atomic E-state index is 11.7. The van der Waals surface area contributed by atoms with Crippen molar-refractivity contribution in [3.63, 3.8) is 0 Å². The molecule has 0 fully saturated rings. The lowest BCUT2D eigenvalue weighted by Gasteiger charge is -2.16. The van der Waals surface area contributed by atoms with Gasteiger partial charge < -0.3 is 15.5 Å². The summed E-state index contributed by atoms with van der Waals surface area (Å²) in [7, 11) is 3.46. The van der Waals surface area contributed by atoms with Crippen molar-refractivity contribution in [3.05, 3.63) is 34.5 Å². The molecular weight excluding hydrogens is 308 g/mol. The summed E-state index contributed by atoms with van der Waals surface area (Å²) in [6.07, 6.45) is 1.04. The average molecular weight is 337 g/mol. The van der Waals surface area contributed by atoms with Crippen LogP contribution in [0.1, 0.15) is 18.7 Å². The third-order valence-corrected chi connectivity index (χ3v) is 4.08. The molecule has 0 radical (unpaired) electrons. The summed E-state index contributed by atoms with van der Waals surface area (Å²) in [5.41, 5.74) is 1.02. The quantitative estimate of drug-likeness (QED) is 0.434. The van der Waals surface area contributed by atoms with E-state index in [0.29, 0.717) is 18.4 Å². The molecule has 0 aromatic carbocycles. The molecule has 1 rings (SSSR count). The average Bonchev–Trinajstić information content (AvgIpc) is 2.98. The summed E-state index contributed by atoms with van der Waals surface area (Å²) >= 11 is 1.78. The first-order valence-electron chi connectivity index (χ1n) is 7.77. The molecule has 1 aromatic heterocycles. The second kappa shape index (κ2) is 10.0. The van der Waals surface area contributed by atoms with Gasteiger partial charge in [-0.3, -0.25) is 4.79 Å². The molecule has 1 unspecified atom stereocenters. The molecule has 0 spiro atoms. The highest BCUT2D eigenvalue weighted by Crippen LogP contribution is 2.13. The summed E-state index contributed by atoms with van der Waals surface area (Å²) in [5, 5.41) is 8.61. The number of carbonyl (C=O) groups is 1. The molecule has 1 heterocycles. The predicted octanol–water partition coefficient (Wildman–Crippen LogP) is 2.13. The Labute approximate surface area is 143 Å². The Balaban J connectivity index is 2.52. The normalized spacial score (nSPS) is 12.6. The summed E-state index contributed by atoms with van der Waals surface area (Å²) < 4.78 is 0. The van der Waals surface area contributed by atoms with Gasteiger partial charge in [0.2, 0.25) is 5.91 Å². The van der Waals surface area contributed by atoms with Crippen molar-refractivity contribution < 1.29 is 4.79 Å². The van der Waals surface area contributed by atoms with E-state index in [0.717, 1.165) is 18.5 Å². The van der Waals surface area contributed by atoms with E-state index < -0.39 is 0 Å². The van der Waals surface area contributed by atoms with Gasteiger partial charge in [-0.25, -0.2) is 4.99 Å². The van der Waals surface area contributed by atoms with Crippen LogP contribution in [0.15, 0.2) is 34.7 Å². The molecule has 2 N–H and O–H groups in total. The molecule has 1 atom stereocenters. The van der Waals surface area contributed by atoms with Gasteiger partial charge in [0.05, 0.1) is 0 Å². The van der Waals surface area contributed by atoms with Crippen molar-refractivity contribution in [3.8, 4) is 0 Å². The smallest absolute Gasteiger partial charge is 0.243 e. The number of aliphatic imine (C=N–C) groups is 1. The summed E-state index contributed by atoms with van der Waals surface area (Å²) in [6, 6.07) is 4.24. The molecule has 0 aliphatic heterocycles. The fraction of sp³-hybridized carbons (Fsp3) is 0.529. The Morgan fingerprint density at radius 3 is 2.74 bits per heavy atom. The van der Waals surface area contributed by atoms with E-state index in [1.807, 2.05) is 6.92 Å². The molecular formula is C17H28N4OS. The first-order chi connectivity index (χ1) is 10.9. The van der Waals surface area contributed by atoms with E-state index in [9.17, 15) is 4.79 Å². The molecule has 1 amide bonds. The van der Waals surface area contributed by atoms with E-state index >= 15 is 0 Å². The van der Waals surface area contributed by atoms with E-state index in [1.54, 1.807) is 30.3 Å². The predicted molar refractivity (Wildman–Crippen MR) is 99.0 cm³/mol. The number of guanidine groups is 1. The molecule has 0 saturated carbocycles. The first kappa shape index (κ1) is 19.2. The minimum atomic E-state index is -0.0203. The first-order valence-corrected chi connectivity index (χ1v) is 8.65. The van der Waals surface area contributed by atoms with Crippen LogP contribution in [0.2, 0.25) is 0 Å². The van der Waals surface area contributed by atoms with Crippen LogP contribution in [0.5, 0.6) is 0 Å². The van der Waals surface area contributed by atoms with Gasteiger partial charge in [-0.05, 0) is 30.7 Å². The number of nitrogens with one attached hydrogen (secondary N) is 2. The van der Waals surface area contributed by atoms with Gasteiger partial charge in [-0.2, -0.15) is 0 Å². The molecule has 23 heavy (non-hydrogen) atoms. The monoisotopic (exact) mass is 336 g/mol. The summed E-state index contributed by atoms with van der Waals surface area (Å²) in [5.74, 6) is 1.12. The molecule has 5 nitrogen and oxygen atoms in total. The van der Waals surface area contributed by atoms with E-state index in [4.69, 9.17) is 0 Å². The maximum Gasteiger partial charge on any atom is 0.243 e. The zero-order chi connectivity index (χ0) is 17.2. The van der Waals surface area contributed by atoms with Crippen molar-refractivity contribution >= 4 is 23.2 Å². The molecule has 1 aromatic rings. The zero-order valence-corrected chi connectivity index (χ0v) is 15.4. The van der Waals surface area contributed by atoms with Crippen LogP contribution < -0.4 is 10.6 Å². The molecule has 0 saturated heterocycles. The lowest BCUT2D eigenvalue weighted by molar-refractivity contribution is -0.127. The minimum absolute atomic E-state index is 0.0203. The Morgan fingerprint density at radius 1 is 1.43 bits per heavy atom. The lowest BCUT2D eigenvalue weighted by atomic mass is 10.1. The highest BCUT2D eigenvalue weighted by molar-refractivity contribution is 7.09. The van der Waals surface area contributed by atoms with Crippen molar-refractivity contribution in [2.45, 2.75) is 20.3 Å². The van der Waals surface area contributed by atoms with Crippen molar-refractivity contribution in [1.29, 1.82) is 0 Å². The van der Waals surface area contributed by atoms with Crippen LogP contribution in [0.4, 0.5) is 0 Å². The van der Waals surface area contributed by atoms with Gasteiger partial charge in [0.25, 0.3) is 0 Å². The van der Waals surface area contributed by atoms with Gasteiger partial charge in [-0.1, -0.05) is 25.1 Å². The topological polar surface area (TPSA) is 56.7 Å². The zero-order valence-electron chi connectivity index (χ0n) is 14.6. The van der Waals surface area contributed by atoms with E-state index in [2.05, 4.69) is 46.6 Å². The number of amides is 1. The summed E-state index contributed by atoms with van der Waals surface area (Å²) in [6.45, 7) is 9.61. The number of likely N-dealkylation sites (N-methyl/N-ethyl adjacent to an activating group) is 1. The Kier molecular flexibility index (Phi) is 8.40. The van der Waals surface area contributed by atoms with Crippen LogP contribution in [-0.2, 0) is 11.2 Å². The SMILES string of the molecule is C=C(C)CNC(=NCC(=O)N(C)C)NCC(C)Cc1cccs1. The lowest BCUT2D eigenvalue weighted by Crippen LogP contribution is -2.41. The number of hydrogen-bond acceptors (Lipinski definition) is 3. The Hall–Kier alpha value is -1.82. The van der Waals surface area contributed by atoms with Crippen LogP contribution in [-0.4, -0.2) is 50.5 Å². The van der Waals surface area contributed by atoms with Crippen LogP contribution in [0, 0.1) is 5.92 Å². The number of thiophene rings is 1. The van der Waals surface area contributed by atoms with E-state index in [-0.39, 0.29) is 12.5 Å². The van der Waals surface area contributed by atoms with Crippen LogP contribution in [0.25, 0.3) is 0 Å². The molecule has 0 bridgehead atoms. The molecule has 0 aliphatic rings. The summed E-state index contributed by atoms with van der Waals surface area (Å²) in [4.78, 5) is 19.0. The number of rotatable bonds is 8.